The minimum Gasteiger partial charge on any atom is -0.478 e. The van der Waals surface area contributed by atoms with Crippen LogP contribution < -0.4 is 33.6 Å². The number of hydrogen-bond donors (Lipinski definition) is 7. The van der Waals surface area contributed by atoms with Gasteiger partial charge < -0.3 is 43.4 Å². The lowest BCUT2D eigenvalue weighted by atomic mass is 10.1. The summed E-state index contributed by atoms with van der Waals surface area (Å²) in [6, 6.07) is 12.7. The number of nitro benzene ring substituents is 2. The molecule has 45 heavy (non-hydrogen) atoms. The standard InChI is InChI=1S/C8H9N3O3.C8H11N3O.C7H6N2O4.C4H8O2/c1-10-8(12)5-3-2-4-6(7(5)9)11(13)14;1-11-8(12)5-3-2-4-6(9)7(5)10;8-6-4(7(10)11)2-1-3-5(6)9(12)13;1-3-6-4(2)5/h2-4H,9H2,1H3,(H,10,12);2-4H,9-10H2,1H3,(H,11,12);1-3H,8H2,(H,10,11);3H2,1-2H3. The Labute approximate surface area is 256 Å². The highest BCUT2D eigenvalue weighted by Gasteiger charge is 2.18. The molecule has 18 heteroatoms. The van der Waals surface area contributed by atoms with Crippen molar-refractivity contribution >= 4 is 57.9 Å². The molecular weight excluding hydrogens is 596 g/mol. The van der Waals surface area contributed by atoms with Gasteiger partial charge in [0.05, 0.1) is 44.5 Å². The van der Waals surface area contributed by atoms with Crippen molar-refractivity contribution in [2.75, 3.05) is 43.6 Å². The van der Waals surface area contributed by atoms with Crippen molar-refractivity contribution in [2.24, 2.45) is 0 Å². The number of ether oxygens (including phenoxy) is 1. The summed E-state index contributed by atoms with van der Waals surface area (Å²) in [7, 11) is 2.98. The van der Waals surface area contributed by atoms with Crippen LogP contribution in [0.1, 0.15) is 44.9 Å². The summed E-state index contributed by atoms with van der Waals surface area (Å²) < 4.78 is 4.40. The SMILES string of the molecule is CCOC(C)=O.CNC(=O)c1cccc(N)c1N.CNC(=O)c1cccc([N+](=O)[O-])c1N.Nc1c(C(=O)O)cccc1[N+](=O)[O-]. The molecule has 3 aromatic rings. The van der Waals surface area contributed by atoms with Crippen LogP contribution in [0, 0.1) is 20.2 Å². The molecule has 0 spiro atoms. The van der Waals surface area contributed by atoms with E-state index in [1.54, 1.807) is 32.2 Å². The fourth-order valence-corrected chi connectivity index (χ4v) is 3.06. The van der Waals surface area contributed by atoms with Gasteiger partial charge in [0, 0.05) is 33.2 Å². The molecule has 0 atom stereocenters. The third-order valence-corrected chi connectivity index (χ3v) is 5.22. The Morgan fingerprint density at radius 3 is 1.44 bits per heavy atom. The lowest BCUT2D eigenvalue weighted by Gasteiger charge is -2.05. The second-order valence-corrected chi connectivity index (χ2v) is 8.19. The van der Waals surface area contributed by atoms with E-state index < -0.39 is 21.7 Å². The number of para-hydroxylation sites is 3. The van der Waals surface area contributed by atoms with E-state index in [-0.39, 0.29) is 45.8 Å². The molecule has 0 heterocycles. The molecule has 2 amide bonds. The van der Waals surface area contributed by atoms with E-state index in [1.165, 1.54) is 44.3 Å². The van der Waals surface area contributed by atoms with Gasteiger partial charge in [-0.3, -0.25) is 34.6 Å². The number of nitrogen functional groups attached to an aromatic ring is 4. The molecule has 3 rings (SSSR count). The number of carbonyl (C=O) groups excluding carboxylic acids is 3. The van der Waals surface area contributed by atoms with Gasteiger partial charge >= 0.3 is 11.9 Å². The number of hydrogen-bond acceptors (Lipinski definition) is 13. The molecule has 0 saturated carbocycles. The smallest absolute Gasteiger partial charge is 0.338 e. The number of amides is 2. The summed E-state index contributed by atoms with van der Waals surface area (Å²) >= 11 is 0. The Morgan fingerprint density at radius 1 is 0.733 bits per heavy atom. The van der Waals surface area contributed by atoms with Crippen molar-refractivity contribution in [3.05, 3.63) is 91.5 Å². The van der Waals surface area contributed by atoms with Crippen LogP contribution in [0.3, 0.4) is 0 Å². The first-order valence-corrected chi connectivity index (χ1v) is 12.6. The largest absolute Gasteiger partial charge is 0.478 e. The fourth-order valence-electron chi connectivity index (χ4n) is 3.06. The number of nitro groups is 2. The van der Waals surface area contributed by atoms with Crippen LogP contribution in [-0.2, 0) is 9.53 Å². The molecule has 0 fully saturated rings. The summed E-state index contributed by atoms with van der Waals surface area (Å²) in [5, 5.41) is 34.2. The minimum absolute atomic E-state index is 0.113. The number of esters is 1. The molecule has 0 radical (unpaired) electrons. The van der Waals surface area contributed by atoms with E-state index in [9.17, 15) is 39.4 Å². The highest BCUT2D eigenvalue weighted by atomic mass is 16.6. The van der Waals surface area contributed by atoms with Crippen LogP contribution >= 0.6 is 0 Å². The van der Waals surface area contributed by atoms with Gasteiger partial charge in [-0.25, -0.2) is 4.79 Å². The number of anilines is 4. The third kappa shape index (κ3) is 12.1. The van der Waals surface area contributed by atoms with Crippen molar-refractivity contribution in [2.45, 2.75) is 13.8 Å². The van der Waals surface area contributed by atoms with Gasteiger partial charge in [-0.15, -0.1) is 0 Å². The van der Waals surface area contributed by atoms with Crippen LogP contribution in [0.4, 0.5) is 34.1 Å². The van der Waals surface area contributed by atoms with Crippen molar-refractivity contribution in [1.29, 1.82) is 0 Å². The predicted molar refractivity (Wildman–Crippen MR) is 166 cm³/mol. The second kappa shape index (κ2) is 18.9. The average Bonchev–Trinajstić information content (AvgIpc) is 2.98. The number of nitrogens with two attached hydrogens (primary N) is 4. The molecule has 0 aliphatic carbocycles. The van der Waals surface area contributed by atoms with E-state index in [0.717, 1.165) is 6.07 Å². The van der Waals surface area contributed by atoms with Crippen LogP contribution in [0.5, 0.6) is 0 Å². The van der Waals surface area contributed by atoms with Gasteiger partial charge in [0.25, 0.3) is 23.2 Å². The summed E-state index contributed by atoms with van der Waals surface area (Å²) in [5.41, 5.74) is 21.8. The van der Waals surface area contributed by atoms with Gasteiger partial charge in [0.15, 0.2) is 0 Å². The maximum Gasteiger partial charge on any atom is 0.338 e. The third-order valence-electron chi connectivity index (χ3n) is 5.22. The molecule has 0 aromatic heterocycles. The van der Waals surface area contributed by atoms with Crippen LogP contribution in [0.15, 0.2) is 54.6 Å². The Hall–Kier alpha value is -6.46. The first-order chi connectivity index (χ1) is 21.0. The maximum absolute atomic E-state index is 11.2. The summed E-state index contributed by atoms with van der Waals surface area (Å²) in [5.74, 6) is -2.15. The number of nitrogens with one attached hydrogen (secondary N) is 2. The predicted octanol–water partition coefficient (Wildman–Crippen LogP) is 2.19. The molecule has 0 aliphatic heterocycles. The van der Waals surface area contributed by atoms with Crippen molar-refractivity contribution in [3.8, 4) is 0 Å². The van der Waals surface area contributed by atoms with Crippen LogP contribution in [0.25, 0.3) is 0 Å². The number of rotatable bonds is 6. The highest BCUT2D eigenvalue weighted by Crippen LogP contribution is 2.25. The minimum atomic E-state index is -1.28. The molecule has 3 aromatic carbocycles. The number of nitrogens with zero attached hydrogens (tertiary/aromatic N) is 2. The number of benzene rings is 3. The van der Waals surface area contributed by atoms with Crippen molar-refractivity contribution in [3.63, 3.8) is 0 Å². The number of carbonyl (C=O) groups is 4. The lowest BCUT2D eigenvalue weighted by Crippen LogP contribution is -2.19. The topological polar surface area (TPSA) is 312 Å². The van der Waals surface area contributed by atoms with Gasteiger partial charge in [0.1, 0.15) is 11.4 Å². The lowest BCUT2D eigenvalue weighted by molar-refractivity contribution is -0.384. The summed E-state index contributed by atoms with van der Waals surface area (Å²) in [6.45, 7) is 3.65. The molecule has 0 saturated heterocycles. The monoisotopic (exact) mass is 630 g/mol. The number of aromatic carboxylic acids is 1. The Balaban J connectivity index is 0.000000594. The molecule has 0 unspecified atom stereocenters. The fraction of sp³-hybridized carbons (Fsp3) is 0.185. The average molecular weight is 631 g/mol. The van der Waals surface area contributed by atoms with E-state index in [0.29, 0.717) is 23.5 Å². The van der Waals surface area contributed by atoms with E-state index >= 15 is 0 Å². The molecule has 18 nitrogen and oxygen atoms in total. The van der Waals surface area contributed by atoms with Gasteiger partial charge in [-0.2, -0.15) is 0 Å². The first-order valence-electron chi connectivity index (χ1n) is 12.6. The van der Waals surface area contributed by atoms with Crippen molar-refractivity contribution in [1.82, 2.24) is 10.6 Å². The molecular formula is C27H34N8O10. The second-order valence-electron chi connectivity index (χ2n) is 8.19. The molecule has 242 valence electrons. The zero-order valence-corrected chi connectivity index (χ0v) is 24.7. The van der Waals surface area contributed by atoms with Crippen LogP contribution in [0.2, 0.25) is 0 Å². The van der Waals surface area contributed by atoms with Gasteiger partial charge in [-0.1, -0.05) is 18.2 Å². The van der Waals surface area contributed by atoms with E-state index in [2.05, 4.69) is 15.4 Å². The highest BCUT2D eigenvalue weighted by molar-refractivity contribution is 6.01. The zero-order chi connectivity index (χ0) is 34.9. The Bertz CT molecular complexity index is 1510. The Kier molecular flexibility index (Phi) is 16.2. The maximum atomic E-state index is 11.2. The normalized spacial score (nSPS) is 9.24. The molecule has 11 N–H and O–H groups in total. The zero-order valence-electron chi connectivity index (χ0n) is 24.7. The molecule has 0 bridgehead atoms. The van der Waals surface area contributed by atoms with Crippen LogP contribution in [-0.4, -0.2) is 59.4 Å². The summed E-state index contributed by atoms with van der Waals surface area (Å²) in [6.07, 6.45) is 0. The summed E-state index contributed by atoms with van der Waals surface area (Å²) in [4.78, 5) is 62.1. The Morgan fingerprint density at radius 2 is 1.11 bits per heavy atom. The quantitative estimate of drug-likeness (QED) is 0.0888. The molecule has 0 aliphatic rings. The number of carboxylic acids is 1. The van der Waals surface area contributed by atoms with Gasteiger partial charge in [-0.05, 0) is 31.2 Å². The van der Waals surface area contributed by atoms with Crippen molar-refractivity contribution < 1.29 is 38.9 Å². The van der Waals surface area contributed by atoms with Gasteiger partial charge in [0.2, 0.25) is 0 Å². The first kappa shape index (κ1) is 38.5. The van der Waals surface area contributed by atoms with E-state index in [4.69, 9.17) is 28.0 Å². The number of carboxylic acid groups (broad SMARTS) is 1. The van der Waals surface area contributed by atoms with E-state index in [1.807, 2.05) is 0 Å².